The normalized spacial score (nSPS) is 17.8. The molecule has 0 saturated heterocycles. The van der Waals surface area contributed by atoms with Gasteiger partial charge >= 0.3 is 0 Å². The quantitative estimate of drug-likeness (QED) is 0.262. The number of aromatic nitrogens is 2. The molecule has 28 heavy (non-hydrogen) atoms. The van der Waals surface area contributed by atoms with Crippen LogP contribution in [0.4, 0.5) is 0 Å². The highest BCUT2D eigenvalue weighted by molar-refractivity contribution is 7.92. The van der Waals surface area contributed by atoms with E-state index in [1.54, 1.807) is 25.4 Å². The van der Waals surface area contributed by atoms with Gasteiger partial charge in [-0.25, -0.2) is 14.2 Å². The summed E-state index contributed by atoms with van der Waals surface area (Å²) < 4.78 is 25.6. The maximum Gasteiger partial charge on any atom is 0.223 e. The molecule has 2 aromatic heterocycles. The van der Waals surface area contributed by atoms with Crippen LogP contribution in [0.5, 0.6) is 5.88 Å². The first kappa shape index (κ1) is 22.2. The summed E-state index contributed by atoms with van der Waals surface area (Å²) in [7, 11) is -2.65. The molecule has 0 aromatic carbocycles. The van der Waals surface area contributed by atoms with E-state index in [-0.39, 0.29) is 11.4 Å². The van der Waals surface area contributed by atoms with Gasteiger partial charge in [0.15, 0.2) is 0 Å². The highest BCUT2D eigenvalue weighted by atomic mass is 35.5. The van der Waals surface area contributed by atoms with E-state index in [0.29, 0.717) is 29.3 Å². The zero-order valence-corrected chi connectivity index (χ0v) is 18.2. The van der Waals surface area contributed by atoms with E-state index in [1.807, 2.05) is 20.8 Å². The fourth-order valence-corrected chi connectivity index (χ4v) is 3.71. The average molecular weight is 425 g/mol. The van der Waals surface area contributed by atoms with Crippen LogP contribution in [-0.4, -0.2) is 31.8 Å². The minimum absolute atomic E-state index is 0.298. The van der Waals surface area contributed by atoms with E-state index in [4.69, 9.17) is 26.6 Å². The Kier molecular flexibility index (Phi) is 6.75. The molecule has 0 saturated carbocycles. The first-order valence-electron chi connectivity index (χ1n) is 8.92. The molecule has 0 aliphatic carbocycles. The van der Waals surface area contributed by atoms with Crippen LogP contribution in [0.3, 0.4) is 0 Å². The number of hydrogen-bond donors (Lipinski definition) is 1. The van der Waals surface area contributed by atoms with Crippen LogP contribution in [0.15, 0.2) is 23.6 Å². The minimum atomic E-state index is -2.65. The summed E-state index contributed by atoms with van der Waals surface area (Å²) >= 11 is 6.11. The van der Waals surface area contributed by atoms with Gasteiger partial charge in [0.25, 0.3) is 0 Å². The van der Waals surface area contributed by atoms with Crippen LogP contribution in [-0.2, 0) is 15.3 Å². The lowest BCUT2D eigenvalue weighted by Crippen LogP contribution is -2.24. The summed E-state index contributed by atoms with van der Waals surface area (Å²) in [5.74, 6) is 0.370. The Morgan fingerprint density at radius 2 is 2.07 bits per heavy atom. The SMILES string of the molecule is CCC(C)(N=[N+]=[N-])c1cnc(O[C@H](C)C[C@@H](C)[S@@](C)(=N)=O)c2cnc(Cl)cc12. The molecule has 0 spiro atoms. The Morgan fingerprint density at radius 1 is 1.39 bits per heavy atom. The Hall–Kier alpha value is -2.09. The predicted octanol–water partition coefficient (Wildman–Crippen LogP) is 5.44. The third kappa shape index (κ3) is 4.84. The largest absolute Gasteiger partial charge is 0.474 e. The Labute approximate surface area is 170 Å². The van der Waals surface area contributed by atoms with E-state index in [2.05, 4.69) is 20.0 Å². The van der Waals surface area contributed by atoms with Gasteiger partial charge in [-0.1, -0.05) is 23.6 Å². The van der Waals surface area contributed by atoms with Gasteiger partial charge in [0.1, 0.15) is 5.15 Å². The number of ether oxygens (including phenoxy) is 1. The van der Waals surface area contributed by atoms with Crippen molar-refractivity contribution in [3.63, 3.8) is 0 Å². The Morgan fingerprint density at radius 3 is 2.64 bits per heavy atom. The topological polar surface area (TPSA) is 125 Å². The summed E-state index contributed by atoms with van der Waals surface area (Å²) in [6.07, 6.45) is 5.38. The molecule has 0 radical (unpaired) electrons. The number of fused-ring (bicyclic) bond motifs is 1. The molecule has 2 heterocycles. The van der Waals surface area contributed by atoms with Gasteiger partial charge in [0.2, 0.25) is 5.88 Å². The highest BCUT2D eigenvalue weighted by Gasteiger charge is 2.27. The smallest absolute Gasteiger partial charge is 0.223 e. The van der Waals surface area contributed by atoms with Crippen molar-refractivity contribution in [3.8, 4) is 5.88 Å². The van der Waals surface area contributed by atoms with Gasteiger partial charge in [-0.2, -0.15) is 0 Å². The van der Waals surface area contributed by atoms with Crippen LogP contribution in [0.1, 0.15) is 46.1 Å². The third-order valence-electron chi connectivity index (χ3n) is 4.98. The second kappa shape index (κ2) is 8.51. The number of rotatable bonds is 8. The maximum absolute atomic E-state index is 11.9. The van der Waals surface area contributed by atoms with Crippen molar-refractivity contribution in [2.75, 3.05) is 6.26 Å². The van der Waals surface area contributed by atoms with Gasteiger partial charge in [0, 0.05) is 38.5 Å². The molecule has 0 bridgehead atoms. The van der Waals surface area contributed by atoms with Gasteiger partial charge in [-0.15, -0.1) is 0 Å². The lowest BCUT2D eigenvalue weighted by molar-refractivity contribution is 0.205. The monoisotopic (exact) mass is 424 g/mol. The molecule has 4 atom stereocenters. The molecule has 2 aromatic rings. The second-order valence-corrected chi connectivity index (χ2v) is 10.2. The van der Waals surface area contributed by atoms with Crippen molar-refractivity contribution < 1.29 is 8.95 Å². The summed E-state index contributed by atoms with van der Waals surface area (Å²) in [6.45, 7) is 7.40. The Balaban J connectivity index is 2.50. The summed E-state index contributed by atoms with van der Waals surface area (Å²) in [6, 6.07) is 1.71. The predicted molar refractivity (Wildman–Crippen MR) is 112 cm³/mol. The first-order chi connectivity index (χ1) is 13.0. The standard InChI is InChI=1S/C18H25ClN6O2S/c1-6-18(4,24-25-20)15-10-23-17(14-9-22-16(19)8-13(14)15)27-11(2)7-12(3)28(5,21)26/h8-12,21H,6-7H2,1-5H3/t11-,12-,18?,28+/m1/s1. The van der Waals surface area contributed by atoms with Crippen molar-refractivity contribution in [1.82, 2.24) is 9.97 Å². The first-order valence-corrected chi connectivity index (χ1v) is 11.3. The molecule has 8 nitrogen and oxygen atoms in total. The van der Waals surface area contributed by atoms with Gasteiger partial charge < -0.3 is 4.74 Å². The van der Waals surface area contributed by atoms with Crippen molar-refractivity contribution in [2.24, 2.45) is 5.11 Å². The zero-order chi connectivity index (χ0) is 21.1. The van der Waals surface area contributed by atoms with Crippen LogP contribution >= 0.6 is 11.6 Å². The number of hydrogen-bond acceptors (Lipinski definition) is 6. The van der Waals surface area contributed by atoms with Crippen molar-refractivity contribution >= 4 is 32.1 Å². The van der Waals surface area contributed by atoms with Crippen LogP contribution in [0, 0.1) is 4.78 Å². The summed E-state index contributed by atoms with van der Waals surface area (Å²) in [5, 5.41) is 5.37. The van der Waals surface area contributed by atoms with Crippen molar-refractivity contribution in [2.45, 2.75) is 57.4 Å². The number of nitrogens with zero attached hydrogens (tertiary/aromatic N) is 5. The molecular formula is C18H25ClN6O2S. The molecule has 0 aliphatic heterocycles. The maximum atomic E-state index is 11.9. The molecule has 10 heteroatoms. The zero-order valence-electron chi connectivity index (χ0n) is 16.6. The third-order valence-corrected chi connectivity index (χ3v) is 6.92. The van der Waals surface area contributed by atoms with Gasteiger partial charge in [0.05, 0.1) is 17.0 Å². The molecule has 2 rings (SSSR count). The molecule has 0 fully saturated rings. The van der Waals surface area contributed by atoms with E-state index in [0.717, 1.165) is 10.9 Å². The van der Waals surface area contributed by atoms with E-state index < -0.39 is 15.3 Å². The highest BCUT2D eigenvalue weighted by Crippen LogP contribution is 2.37. The van der Waals surface area contributed by atoms with Crippen molar-refractivity contribution in [1.29, 1.82) is 4.78 Å². The van der Waals surface area contributed by atoms with E-state index in [1.165, 1.54) is 6.26 Å². The lowest BCUT2D eigenvalue weighted by atomic mass is 9.88. The average Bonchev–Trinajstić information content (AvgIpc) is 2.60. The van der Waals surface area contributed by atoms with Crippen molar-refractivity contribution in [3.05, 3.63) is 39.6 Å². The fraction of sp³-hybridized carbons (Fsp3) is 0.556. The molecule has 1 N–H and O–H groups in total. The van der Waals surface area contributed by atoms with Crippen LogP contribution in [0.2, 0.25) is 5.15 Å². The lowest BCUT2D eigenvalue weighted by Gasteiger charge is -2.25. The van der Waals surface area contributed by atoms with E-state index in [9.17, 15) is 4.21 Å². The number of halogens is 1. The minimum Gasteiger partial charge on any atom is -0.474 e. The molecule has 1 unspecified atom stereocenters. The molecular weight excluding hydrogens is 400 g/mol. The van der Waals surface area contributed by atoms with Crippen LogP contribution < -0.4 is 4.74 Å². The number of pyridine rings is 2. The number of nitrogens with one attached hydrogen (secondary N) is 1. The van der Waals surface area contributed by atoms with Gasteiger partial charge in [-0.3, -0.25) is 4.78 Å². The summed E-state index contributed by atoms with van der Waals surface area (Å²) in [4.78, 5) is 11.6. The number of azide groups is 1. The molecule has 0 amide bonds. The van der Waals surface area contributed by atoms with Crippen LogP contribution in [0.25, 0.3) is 21.2 Å². The summed E-state index contributed by atoms with van der Waals surface area (Å²) in [5.41, 5.74) is 8.93. The van der Waals surface area contributed by atoms with Gasteiger partial charge in [-0.05, 0) is 56.2 Å². The Bertz CT molecular complexity index is 1020. The molecule has 0 aliphatic rings. The van der Waals surface area contributed by atoms with E-state index >= 15 is 0 Å². The second-order valence-electron chi connectivity index (χ2n) is 7.23. The molecule has 152 valence electrons. The fourth-order valence-electron chi connectivity index (χ4n) is 2.91.